The molecule has 0 bridgehead atoms. The van der Waals surface area contributed by atoms with Crippen molar-refractivity contribution in [3.63, 3.8) is 0 Å². The van der Waals surface area contributed by atoms with E-state index >= 15 is 0 Å². The lowest BCUT2D eigenvalue weighted by atomic mass is 10.2. The number of pyridine rings is 1. The van der Waals surface area contributed by atoms with Crippen molar-refractivity contribution in [1.29, 1.82) is 0 Å². The van der Waals surface area contributed by atoms with E-state index in [1.165, 1.54) is 6.33 Å². The number of ether oxygens (including phenoxy) is 1. The summed E-state index contributed by atoms with van der Waals surface area (Å²) in [5.41, 5.74) is 1.68. The van der Waals surface area contributed by atoms with Crippen LogP contribution < -0.4 is 10.1 Å². The predicted molar refractivity (Wildman–Crippen MR) is 93.7 cm³/mol. The molecule has 3 aromatic rings. The summed E-state index contributed by atoms with van der Waals surface area (Å²) in [6.45, 7) is 3.89. The van der Waals surface area contributed by atoms with Crippen LogP contribution in [0.2, 0.25) is 0 Å². The largest absolute Gasteiger partial charge is 0.481 e. The third-order valence-corrected chi connectivity index (χ3v) is 3.60. The second-order valence-corrected chi connectivity index (χ2v) is 5.57. The minimum absolute atomic E-state index is 0.209. The van der Waals surface area contributed by atoms with Gasteiger partial charge in [0.25, 0.3) is 5.91 Å². The van der Waals surface area contributed by atoms with E-state index in [0.717, 1.165) is 5.56 Å². The van der Waals surface area contributed by atoms with Crippen LogP contribution in [0.3, 0.4) is 0 Å². The molecule has 0 radical (unpaired) electrons. The van der Waals surface area contributed by atoms with Crippen molar-refractivity contribution >= 4 is 11.6 Å². The second-order valence-electron chi connectivity index (χ2n) is 5.57. The van der Waals surface area contributed by atoms with Crippen LogP contribution in [0.1, 0.15) is 18.9 Å². The predicted octanol–water partition coefficient (Wildman–Crippen LogP) is 2.77. The Kier molecular flexibility index (Phi) is 5.03. The van der Waals surface area contributed by atoms with Crippen molar-refractivity contribution in [2.75, 3.05) is 5.32 Å². The standard InChI is InChI=1S/C18H19N5O2/c1-3-16(25-15-6-4-5-13(2)9-15)18(24)22-14-7-8-17(20-10-14)23-12-19-11-21-23/h4-12,16H,3H2,1-2H3,(H,22,24)/t16-/m0/s1. The summed E-state index contributed by atoms with van der Waals surface area (Å²) in [5.74, 6) is 1.10. The highest BCUT2D eigenvalue weighted by molar-refractivity contribution is 5.94. The zero-order valence-electron chi connectivity index (χ0n) is 14.1. The number of aromatic nitrogens is 4. The number of hydrogen-bond acceptors (Lipinski definition) is 5. The van der Waals surface area contributed by atoms with Crippen molar-refractivity contribution < 1.29 is 9.53 Å². The van der Waals surface area contributed by atoms with Gasteiger partial charge in [0, 0.05) is 0 Å². The molecule has 0 aliphatic rings. The zero-order chi connectivity index (χ0) is 17.6. The Bertz CT molecular complexity index is 831. The molecule has 1 aromatic carbocycles. The molecule has 0 fully saturated rings. The Hall–Kier alpha value is -3.22. The number of rotatable bonds is 6. The fourth-order valence-corrected chi connectivity index (χ4v) is 2.32. The molecule has 0 aliphatic carbocycles. The summed E-state index contributed by atoms with van der Waals surface area (Å²) >= 11 is 0. The summed E-state index contributed by atoms with van der Waals surface area (Å²) in [6, 6.07) is 11.2. The maximum Gasteiger partial charge on any atom is 0.265 e. The molecule has 3 rings (SSSR count). The van der Waals surface area contributed by atoms with E-state index in [2.05, 4.69) is 20.4 Å². The molecule has 128 valence electrons. The van der Waals surface area contributed by atoms with Gasteiger partial charge < -0.3 is 10.1 Å². The van der Waals surface area contributed by atoms with Gasteiger partial charge in [-0.25, -0.2) is 14.6 Å². The van der Waals surface area contributed by atoms with Crippen LogP contribution in [0, 0.1) is 6.92 Å². The van der Waals surface area contributed by atoms with Gasteiger partial charge in [0.05, 0.1) is 11.9 Å². The number of anilines is 1. The van der Waals surface area contributed by atoms with Crippen molar-refractivity contribution in [3.8, 4) is 11.6 Å². The maximum absolute atomic E-state index is 12.5. The number of amides is 1. The Morgan fingerprint density at radius 3 is 2.84 bits per heavy atom. The van der Waals surface area contributed by atoms with Crippen molar-refractivity contribution in [2.24, 2.45) is 0 Å². The van der Waals surface area contributed by atoms with Gasteiger partial charge >= 0.3 is 0 Å². The highest BCUT2D eigenvalue weighted by Crippen LogP contribution is 2.17. The highest BCUT2D eigenvalue weighted by atomic mass is 16.5. The first-order chi connectivity index (χ1) is 12.2. The van der Waals surface area contributed by atoms with Crippen molar-refractivity contribution in [2.45, 2.75) is 26.4 Å². The average Bonchev–Trinajstić information content (AvgIpc) is 3.15. The van der Waals surface area contributed by atoms with Crippen LogP contribution in [-0.4, -0.2) is 31.8 Å². The molecule has 1 atom stereocenters. The summed E-state index contributed by atoms with van der Waals surface area (Å²) in [4.78, 5) is 20.6. The molecule has 1 N–H and O–H groups in total. The van der Waals surface area contributed by atoms with Crippen LogP contribution in [0.4, 0.5) is 5.69 Å². The van der Waals surface area contributed by atoms with E-state index in [4.69, 9.17) is 4.74 Å². The van der Waals surface area contributed by atoms with Crippen molar-refractivity contribution in [1.82, 2.24) is 19.7 Å². The second kappa shape index (κ2) is 7.57. The van der Waals surface area contributed by atoms with Gasteiger partial charge in [-0.3, -0.25) is 4.79 Å². The third-order valence-electron chi connectivity index (χ3n) is 3.60. The van der Waals surface area contributed by atoms with E-state index in [1.807, 2.05) is 38.1 Å². The fourth-order valence-electron chi connectivity index (χ4n) is 2.32. The zero-order valence-corrected chi connectivity index (χ0v) is 14.1. The topological polar surface area (TPSA) is 81.9 Å². The molecule has 0 unspecified atom stereocenters. The number of hydrogen-bond donors (Lipinski definition) is 1. The lowest BCUT2D eigenvalue weighted by Gasteiger charge is -2.17. The highest BCUT2D eigenvalue weighted by Gasteiger charge is 2.18. The normalized spacial score (nSPS) is 11.8. The van der Waals surface area contributed by atoms with Crippen LogP contribution in [0.25, 0.3) is 5.82 Å². The van der Waals surface area contributed by atoms with Crippen molar-refractivity contribution in [3.05, 3.63) is 60.8 Å². The first-order valence-electron chi connectivity index (χ1n) is 8.01. The first-order valence-corrected chi connectivity index (χ1v) is 8.01. The van der Waals surface area contributed by atoms with Gasteiger partial charge in [-0.15, -0.1) is 0 Å². The third kappa shape index (κ3) is 4.20. The average molecular weight is 337 g/mol. The Labute approximate surface area is 145 Å². The number of carbonyl (C=O) groups is 1. The summed E-state index contributed by atoms with van der Waals surface area (Å²) in [5, 5.41) is 6.84. The molecule has 0 saturated carbocycles. The van der Waals surface area contributed by atoms with Gasteiger partial charge in [0.1, 0.15) is 18.4 Å². The lowest BCUT2D eigenvalue weighted by molar-refractivity contribution is -0.122. The number of nitrogens with zero attached hydrogens (tertiary/aromatic N) is 4. The smallest absolute Gasteiger partial charge is 0.265 e. The first kappa shape index (κ1) is 16.6. The number of aryl methyl sites for hydroxylation is 1. The van der Waals surface area contributed by atoms with E-state index in [9.17, 15) is 4.79 Å². The number of nitrogens with one attached hydrogen (secondary N) is 1. The Morgan fingerprint density at radius 1 is 1.32 bits per heavy atom. The van der Waals surface area contributed by atoms with E-state index in [1.54, 1.807) is 29.3 Å². The van der Waals surface area contributed by atoms with Gasteiger partial charge in [-0.1, -0.05) is 19.1 Å². The van der Waals surface area contributed by atoms with Gasteiger partial charge in [0.2, 0.25) is 0 Å². The molecule has 2 aromatic heterocycles. The molecular formula is C18H19N5O2. The van der Waals surface area contributed by atoms with Crippen LogP contribution in [0.15, 0.2) is 55.2 Å². The van der Waals surface area contributed by atoms with Gasteiger partial charge in [-0.05, 0) is 43.2 Å². The molecule has 0 saturated heterocycles. The summed E-state index contributed by atoms with van der Waals surface area (Å²) in [7, 11) is 0. The van der Waals surface area contributed by atoms with Crippen LogP contribution in [-0.2, 0) is 4.79 Å². The summed E-state index contributed by atoms with van der Waals surface area (Å²) in [6.07, 6.45) is 4.56. The van der Waals surface area contributed by atoms with Gasteiger partial charge in [-0.2, -0.15) is 5.10 Å². The molecule has 0 spiro atoms. The molecule has 7 heteroatoms. The SMILES string of the molecule is CC[C@H](Oc1cccc(C)c1)C(=O)Nc1ccc(-n2cncn2)nc1. The monoisotopic (exact) mass is 337 g/mol. The molecule has 25 heavy (non-hydrogen) atoms. The van der Waals surface area contributed by atoms with E-state index < -0.39 is 6.10 Å². The van der Waals surface area contributed by atoms with Gasteiger partial charge in [0.15, 0.2) is 11.9 Å². The van der Waals surface area contributed by atoms with E-state index in [-0.39, 0.29) is 5.91 Å². The van der Waals surface area contributed by atoms with E-state index in [0.29, 0.717) is 23.7 Å². The number of benzene rings is 1. The Balaban J connectivity index is 1.65. The lowest BCUT2D eigenvalue weighted by Crippen LogP contribution is -2.32. The minimum Gasteiger partial charge on any atom is -0.481 e. The quantitative estimate of drug-likeness (QED) is 0.748. The molecule has 1 amide bonds. The van der Waals surface area contributed by atoms with Crippen LogP contribution >= 0.6 is 0 Å². The minimum atomic E-state index is -0.572. The summed E-state index contributed by atoms with van der Waals surface area (Å²) < 4.78 is 7.35. The Morgan fingerprint density at radius 2 is 2.20 bits per heavy atom. The molecule has 0 aliphatic heterocycles. The van der Waals surface area contributed by atoms with Crippen LogP contribution in [0.5, 0.6) is 5.75 Å². The fraction of sp³-hybridized carbons (Fsp3) is 0.222. The maximum atomic E-state index is 12.5. The molecule has 7 nitrogen and oxygen atoms in total. The molecular weight excluding hydrogens is 318 g/mol. The molecule has 2 heterocycles. The number of carbonyl (C=O) groups excluding carboxylic acids is 1.